The summed E-state index contributed by atoms with van der Waals surface area (Å²) >= 11 is 1.38. The number of aromatic nitrogens is 2. The summed E-state index contributed by atoms with van der Waals surface area (Å²) in [5.41, 5.74) is 4.71. The molecule has 0 saturated carbocycles. The minimum Gasteiger partial charge on any atom is -0.493 e. The number of para-hydroxylation sites is 3. The van der Waals surface area contributed by atoms with Crippen LogP contribution >= 0.6 is 11.3 Å². The third kappa shape index (κ3) is 4.59. The molecule has 0 aliphatic heterocycles. The first-order chi connectivity index (χ1) is 17.0. The molecule has 178 valence electrons. The number of nitrogens with zero attached hydrogens (tertiary/aromatic N) is 2. The first-order valence-electron chi connectivity index (χ1n) is 11.5. The van der Waals surface area contributed by atoms with Crippen molar-refractivity contribution in [2.24, 2.45) is 0 Å². The molecule has 5 aromatic rings. The van der Waals surface area contributed by atoms with Crippen LogP contribution in [0.15, 0.2) is 65.5 Å². The largest absolute Gasteiger partial charge is 0.493 e. The van der Waals surface area contributed by atoms with Gasteiger partial charge in [0.25, 0.3) is 5.56 Å². The molecule has 0 atom stereocenters. The fourth-order valence-corrected chi connectivity index (χ4v) is 5.09. The third-order valence-corrected chi connectivity index (χ3v) is 6.80. The second kappa shape index (κ2) is 9.80. The monoisotopic (exact) mass is 486 g/mol. The zero-order chi connectivity index (χ0) is 24.4. The lowest BCUT2D eigenvalue weighted by Gasteiger charge is -2.13. The molecule has 0 saturated heterocycles. The topological polar surface area (TPSA) is 62.1 Å². The number of thiazole rings is 1. The molecule has 0 N–H and O–H groups in total. The van der Waals surface area contributed by atoms with Gasteiger partial charge in [0.05, 0.1) is 35.9 Å². The van der Waals surface area contributed by atoms with Gasteiger partial charge in [0, 0.05) is 6.42 Å². The van der Waals surface area contributed by atoms with Gasteiger partial charge in [0.2, 0.25) is 0 Å². The zero-order valence-electron chi connectivity index (χ0n) is 19.9. The van der Waals surface area contributed by atoms with E-state index in [2.05, 4.69) is 4.98 Å². The summed E-state index contributed by atoms with van der Waals surface area (Å²) in [6.45, 7) is 5.17. The van der Waals surface area contributed by atoms with E-state index < -0.39 is 0 Å². The molecule has 0 spiro atoms. The summed E-state index contributed by atoms with van der Waals surface area (Å²) in [7, 11) is 1.61. The quantitative estimate of drug-likeness (QED) is 0.291. The van der Waals surface area contributed by atoms with Crippen LogP contribution in [0.5, 0.6) is 17.2 Å². The summed E-state index contributed by atoms with van der Waals surface area (Å²) in [6, 6.07) is 19.5. The van der Waals surface area contributed by atoms with Crippen LogP contribution in [0.25, 0.3) is 22.1 Å². The molecule has 0 bridgehead atoms. The number of aryl methyl sites for hydroxylation is 2. The highest BCUT2D eigenvalue weighted by Crippen LogP contribution is 2.29. The first kappa shape index (κ1) is 22.9. The molecule has 0 aliphatic carbocycles. The average molecular weight is 487 g/mol. The number of hydrogen-bond acceptors (Lipinski definition) is 6. The normalized spacial score (nSPS) is 11.9. The summed E-state index contributed by atoms with van der Waals surface area (Å²) in [5.74, 6) is 2.22. The summed E-state index contributed by atoms with van der Waals surface area (Å²) in [5, 5.41) is 0. The van der Waals surface area contributed by atoms with Crippen LogP contribution in [0.3, 0.4) is 0 Å². The van der Waals surface area contributed by atoms with Gasteiger partial charge >= 0.3 is 0 Å². The van der Waals surface area contributed by atoms with Crippen LogP contribution in [0, 0.1) is 13.8 Å². The Labute approximate surface area is 207 Å². The Kier molecular flexibility index (Phi) is 6.42. The minimum atomic E-state index is -0.0677. The summed E-state index contributed by atoms with van der Waals surface area (Å²) < 4.78 is 19.7. The number of imidazole rings is 1. The van der Waals surface area contributed by atoms with Gasteiger partial charge in [0.1, 0.15) is 5.75 Å². The molecule has 3 aromatic carbocycles. The van der Waals surface area contributed by atoms with Gasteiger partial charge in [-0.3, -0.25) is 4.79 Å². The van der Waals surface area contributed by atoms with E-state index in [4.69, 9.17) is 14.2 Å². The maximum atomic E-state index is 13.0. The molecule has 35 heavy (non-hydrogen) atoms. The van der Waals surface area contributed by atoms with Crippen molar-refractivity contribution in [3.05, 3.63) is 92.2 Å². The molecule has 0 fully saturated rings. The van der Waals surface area contributed by atoms with Gasteiger partial charge in [-0.15, -0.1) is 0 Å². The number of rotatable bonds is 8. The molecule has 7 heteroatoms. The van der Waals surface area contributed by atoms with E-state index in [1.54, 1.807) is 11.5 Å². The number of ether oxygens (including phenoxy) is 3. The Balaban J connectivity index is 1.28. The van der Waals surface area contributed by atoms with Crippen LogP contribution < -0.4 is 24.3 Å². The molecule has 6 nitrogen and oxygen atoms in total. The van der Waals surface area contributed by atoms with E-state index in [0.717, 1.165) is 39.9 Å². The molecule has 0 aliphatic rings. The van der Waals surface area contributed by atoms with Gasteiger partial charge < -0.3 is 14.2 Å². The summed E-state index contributed by atoms with van der Waals surface area (Å²) in [4.78, 5) is 18.3. The van der Waals surface area contributed by atoms with E-state index in [1.807, 2.05) is 80.6 Å². The Bertz CT molecular complexity index is 1600. The van der Waals surface area contributed by atoms with Gasteiger partial charge in [0.15, 0.2) is 16.5 Å². The van der Waals surface area contributed by atoms with E-state index in [0.29, 0.717) is 34.2 Å². The second-order valence-corrected chi connectivity index (χ2v) is 9.33. The van der Waals surface area contributed by atoms with Crippen molar-refractivity contribution in [2.75, 3.05) is 20.3 Å². The molecule has 5 rings (SSSR count). The highest BCUT2D eigenvalue weighted by Gasteiger charge is 2.11. The van der Waals surface area contributed by atoms with Crippen molar-refractivity contribution in [3.63, 3.8) is 0 Å². The lowest BCUT2D eigenvalue weighted by molar-refractivity contribution is 0.239. The van der Waals surface area contributed by atoms with Crippen LogP contribution in [-0.2, 0) is 0 Å². The first-order valence-corrected chi connectivity index (χ1v) is 12.3. The lowest BCUT2D eigenvalue weighted by Crippen LogP contribution is -2.22. The van der Waals surface area contributed by atoms with E-state index in [1.165, 1.54) is 11.3 Å². The smallest absolute Gasteiger partial charge is 0.274 e. The van der Waals surface area contributed by atoms with Crippen LogP contribution in [-0.4, -0.2) is 29.7 Å². The molecule has 0 unspecified atom stereocenters. The molecular formula is C28H26N2O4S. The van der Waals surface area contributed by atoms with Gasteiger partial charge in [-0.05, 0) is 60.9 Å². The molecule has 0 amide bonds. The van der Waals surface area contributed by atoms with Gasteiger partial charge in [-0.2, -0.15) is 0 Å². The Morgan fingerprint density at radius 2 is 1.71 bits per heavy atom. The number of hydrogen-bond donors (Lipinski definition) is 0. The maximum absolute atomic E-state index is 13.0. The second-order valence-electron chi connectivity index (χ2n) is 8.32. The minimum absolute atomic E-state index is 0.0677. The van der Waals surface area contributed by atoms with Crippen LogP contribution in [0.4, 0.5) is 0 Å². The van der Waals surface area contributed by atoms with Crippen molar-refractivity contribution < 1.29 is 14.2 Å². The van der Waals surface area contributed by atoms with Gasteiger partial charge in [-0.1, -0.05) is 47.7 Å². The standard InChI is InChI=1S/C28H26N2O4S/c1-18-8-6-9-19(2)26(18)34-15-7-14-33-23-13-12-20(16-24(23)32-3)17-25-27(31)30-22-11-5-4-10-21(22)29-28(30)35-25/h4-6,8-13,16-17H,7,14-15H2,1-3H3. The van der Waals surface area contributed by atoms with E-state index in [9.17, 15) is 4.79 Å². The molecule has 2 aromatic heterocycles. The van der Waals surface area contributed by atoms with E-state index >= 15 is 0 Å². The van der Waals surface area contributed by atoms with Crippen molar-refractivity contribution >= 4 is 33.4 Å². The third-order valence-electron chi connectivity index (χ3n) is 5.83. The highest BCUT2D eigenvalue weighted by atomic mass is 32.1. The fraction of sp³-hybridized carbons (Fsp3) is 0.214. The SMILES string of the molecule is COc1cc(C=c2sc3nc4ccccc4n3c2=O)ccc1OCCCOc1c(C)cccc1C. The van der Waals surface area contributed by atoms with Gasteiger partial charge in [-0.25, -0.2) is 9.38 Å². The maximum Gasteiger partial charge on any atom is 0.274 e. The summed E-state index contributed by atoms with van der Waals surface area (Å²) in [6.07, 6.45) is 2.61. The zero-order valence-corrected chi connectivity index (χ0v) is 20.7. The highest BCUT2D eigenvalue weighted by molar-refractivity contribution is 7.15. The van der Waals surface area contributed by atoms with Crippen molar-refractivity contribution in [3.8, 4) is 17.2 Å². The van der Waals surface area contributed by atoms with Crippen molar-refractivity contribution in [1.82, 2.24) is 9.38 Å². The molecule has 0 radical (unpaired) electrons. The van der Waals surface area contributed by atoms with Crippen molar-refractivity contribution in [1.29, 1.82) is 0 Å². The Morgan fingerprint density at radius 1 is 0.943 bits per heavy atom. The number of methoxy groups -OCH3 is 1. The molecule has 2 heterocycles. The predicted octanol–water partition coefficient (Wildman–Crippen LogP) is 4.93. The number of benzene rings is 3. The fourth-order valence-electron chi connectivity index (χ4n) is 4.10. The van der Waals surface area contributed by atoms with Crippen LogP contribution in [0.2, 0.25) is 0 Å². The Hall–Kier alpha value is -3.84. The van der Waals surface area contributed by atoms with E-state index in [-0.39, 0.29) is 5.56 Å². The predicted molar refractivity (Wildman–Crippen MR) is 140 cm³/mol. The number of fused-ring (bicyclic) bond motifs is 3. The Morgan fingerprint density at radius 3 is 2.51 bits per heavy atom. The average Bonchev–Trinajstić information content (AvgIpc) is 3.37. The van der Waals surface area contributed by atoms with Crippen molar-refractivity contribution in [2.45, 2.75) is 20.3 Å². The lowest BCUT2D eigenvalue weighted by atomic mass is 10.1. The van der Waals surface area contributed by atoms with Crippen LogP contribution in [0.1, 0.15) is 23.1 Å². The molecular weight excluding hydrogens is 460 g/mol.